The zero-order chi connectivity index (χ0) is 14.0. The van der Waals surface area contributed by atoms with Crippen LogP contribution in [-0.4, -0.2) is 25.8 Å². The smallest absolute Gasteiger partial charge is 0.186 e. The SMILES string of the molecule is COc1cc(Cl)c(C2=CC(=O)C=CC2=O)cc1OC. The van der Waals surface area contributed by atoms with Crippen LogP contribution in [0.2, 0.25) is 5.02 Å². The summed E-state index contributed by atoms with van der Waals surface area (Å²) in [6, 6.07) is 3.13. The van der Waals surface area contributed by atoms with Gasteiger partial charge in [-0.3, -0.25) is 9.59 Å². The van der Waals surface area contributed by atoms with Gasteiger partial charge in [0, 0.05) is 17.2 Å². The summed E-state index contributed by atoms with van der Waals surface area (Å²) in [5, 5.41) is 0.320. The van der Waals surface area contributed by atoms with E-state index in [9.17, 15) is 9.59 Å². The highest BCUT2D eigenvalue weighted by Crippen LogP contribution is 2.37. The maximum atomic E-state index is 11.8. The molecule has 0 bridgehead atoms. The summed E-state index contributed by atoms with van der Waals surface area (Å²) in [4.78, 5) is 23.2. The Morgan fingerprint density at radius 3 is 2.26 bits per heavy atom. The lowest BCUT2D eigenvalue weighted by molar-refractivity contribution is -0.113. The normalized spacial score (nSPS) is 14.4. The topological polar surface area (TPSA) is 52.6 Å². The molecule has 5 heteroatoms. The van der Waals surface area contributed by atoms with Crippen LogP contribution in [0.15, 0.2) is 30.4 Å². The maximum absolute atomic E-state index is 11.8. The number of carbonyl (C=O) groups excluding carboxylic acids is 2. The fourth-order valence-corrected chi connectivity index (χ4v) is 2.04. The minimum atomic E-state index is -0.270. The summed E-state index contributed by atoms with van der Waals surface area (Å²) in [5.41, 5.74) is 0.695. The second-order valence-corrected chi connectivity index (χ2v) is 4.25. The zero-order valence-corrected chi connectivity index (χ0v) is 11.2. The first-order valence-corrected chi connectivity index (χ1v) is 5.84. The van der Waals surface area contributed by atoms with Gasteiger partial charge >= 0.3 is 0 Å². The van der Waals surface area contributed by atoms with Crippen molar-refractivity contribution in [2.45, 2.75) is 0 Å². The van der Waals surface area contributed by atoms with E-state index in [1.807, 2.05) is 0 Å². The molecule has 0 saturated carbocycles. The van der Waals surface area contributed by atoms with Gasteiger partial charge in [0.25, 0.3) is 0 Å². The molecule has 1 aliphatic carbocycles. The van der Waals surface area contributed by atoms with Crippen molar-refractivity contribution in [1.82, 2.24) is 0 Å². The number of ketones is 2. The summed E-state index contributed by atoms with van der Waals surface area (Å²) in [7, 11) is 2.98. The molecule has 0 unspecified atom stereocenters. The third-order valence-corrected chi connectivity index (χ3v) is 3.03. The van der Waals surface area contributed by atoms with E-state index in [1.165, 1.54) is 32.4 Å². The Morgan fingerprint density at radius 1 is 1.00 bits per heavy atom. The van der Waals surface area contributed by atoms with Gasteiger partial charge in [-0.2, -0.15) is 0 Å². The predicted octanol–water partition coefficient (Wildman–Crippen LogP) is 2.45. The lowest BCUT2D eigenvalue weighted by atomic mass is 9.96. The van der Waals surface area contributed by atoms with E-state index < -0.39 is 0 Å². The van der Waals surface area contributed by atoms with Crippen molar-refractivity contribution in [3.63, 3.8) is 0 Å². The van der Waals surface area contributed by atoms with Crippen LogP contribution in [0.5, 0.6) is 11.5 Å². The second-order valence-electron chi connectivity index (χ2n) is 3.85. The summed E-state index contributed by atoms with van der Waals surface area (Å²) in [6.07, 6.45) is 3.71. The predicted molar refractivity (Wildman–Crippen MR) is 71.7 cm³/mol. The number of allylic oxidation sites excluding steroid dienone is 4. The average molecular weight is 279 g/mol. The van der Waals surface area contributed by atoms with E-state index in [0.29, 0.717) is 22.1 Å². The van der Waals surface area contributed by atoms with E-state index in [1.54, 1.807) is 12.1 Å². The molecule has 0 radical (unpaired) electrons. The van der Waals surface area contributed by atoms with Crippen molar-refractivity contribution in [3.8, 4) is 11.5 Å². The Bertz CT molecular complexity index is 614. The van der Waals surface area contributed by atoms with Gasteiger partial charge in [-0.05, 0) is 24.3 Å². The third kappa shape index (κ3) is 2.53. The van der Waals surface area contributed by atoms with E-state index in [0.717, 1.165) is 0 Å². The first kappa shape index (κ1) is 13.4. The van der Waals surface area contributed by atoms with Crippen LogP contribution in [-0.2, 0) is 9.59 Å². The van der Waals surface area contributed by atoms with Crippen molar-refractivity contribution < 1.29 is 19.1 Å². The Hall–Kier alpha value is -2.07. The first-order chi connectivity index (χ1) is 9.06. The highest BCUT2D eigenvalue weighted by Gasteiger charge is 2.20. The molecule has 0 atom stereocenters. The minimum absolute atomic E-state index is 0.249. The first-order valence-electron chi connectivity index (χ1n) is 5.46. The van der Waals surface area contributed by atoms with E-state index in [2.05, 4.69) is 0 Å². The van der Waals surface area contributed by atoms with Crippen molar-refractivity contribution in [3.05, 3.63) is 40.9 Å². The molecule has 2 rings (SSSR count). The summed E-state index contributed by atoms with van der Waals surface area (Å²) in [6.45, 7) is 0. The quantitative estimate of drug-likeness (QED) is 0.797. The number of hydrogen-bond donors (Lipinski definition) is 0. The van der Waals surface area contributed by atoms with Crippen molar-refractivity contribution >= 4 is 28.7 Å². The largest absolute Gasteiger partial charge is 0.493 e. The number of hydrogen-bond acceptors (Lipinski definition) is 4. The molecule has 0 N–H and O–H groups in total. The van der Waals surface area contributed by atoms with Gasteiger partial charge < -0.3 is 9.47 Å². The Morgan fingerprint density at radius 2 is 1.63 bits per heavy atom. The van der Waals surface area contributed by atoms with Gasteiger partial charge in [0.1, 0.15) is 0 Å². The number of ether oxygens (including phenoxy) is 2. The van der Waals surface area contributed by atoms with Crippen LogP contribution in [0, 0.1) is 0 Å². The molecule has 0 amide bonds. The molecule has 98 valence electrons. The van der Waals surface area contributed by atoms with Crippen LogP contribution in [0.25, 0.3) is 5.57 Å². The molecule has 0 aliphatic heterocycles. The molecule has 0 fully saturated rings. The number of rotatable bonds is 3. The monoisotopic (exact) mass is 278 g/mol. The molecule has 4 nitrogen and oxygen atoms in total. The molecule has 1 aromatic carbocycles. The van der Waals surface area contributed by atoms with Gasteiger partial charge in [0.05, 0.1) is 19.2 Å². The molecule has 1 aliphatic rings. The molecule has 0 aromatic heterocycles. The fraction of sp³-hybridized carbons (Fsp3) is 0.143. The highest BCUT2D eigenvalue weighted by molar-refractivity contribution is 6.39. The molecule has 0 saturated heterocycles. The molecule has 0 heterocycles. The van der Waals surface area contributed by atoms with Gasteiger partial charge in [-0.15, -0.1) is 0 Å². The summed E-state index contributed by atoms with van der Waals surface area (Å²) < 4.78 is 10.3. The molecular formula is C14H11ClO4. The molecular weight excluding hydrogens is 268 g/mol. The van der Waals surface area contributed by atoms with Crippen molar-refractivity contribution in [1.29, 1.82) is 0 Å². The zero-order valence-electron chi connectivity index (χ0n) is 10.4. The van der Waals surface area contributed by atoms with Crippen molar-refractivity contribution in [2.75, 3.05) is 14.2 Å². The molecule has 1 aromatic rings. The van der Waals surface area contributed by atoms with Gasteiger partial charge in [-0.1, -0.05) is 11.6 Å². The number of benzene rings is 1. The molecule has 0 spiro atoms. The van der Waals surface area contributed by atoms with E-state index in [-0.39, 0.29) is 17.1 Å². The average Bonchev–Trinajstić information content (AvgIpc) is 2.41. The maximum Gasteiger partial charge on any atom is 0.186 e. The van der Waals surface area contributed by atoms with Gasteiger partial charge in [-0.25, -0.2) is 0 Å². The Balaban J connectivity index is 2.57. The van der Waals surface area contributed by atoms with Crippen LogP contribution in [0.1, 0.15) is 5.56 Å². The Labute approximate surface area is 115 Å². The number of carbonyl (C=O) groups is 2. The second kappa shape index (κ2) is 5.28. The number of methoxy groups -OCH3 is 2. The number of halogens is 1. The molecule has 19 heavy (non-hydrogen) atoms. The third-order valence-electron chi connectivity index (χ3n) is 2.71. The minimum Gasteiger partial charge on any atom is -0.493 e. The van der Waals surface area contributed by atoms with Gasteiger partial charge in [0.15, 0.2) is 23.1 Å². The van der Waals surface area contributed by atoms with Crippen LogP contribution >= 0.6 is 11.6 Å². The van der Waals surface area contributed by atoms with Crippen LogP contribution < -0.4 is 9.47 Å². The van der Waals surface area contributed by atoms with Crippen LogP contribution in [0.4, 0.5) is 0 Å². The standard InChI is InChI=1S/C14H11ClO4/c1-18-13-6-9(11(15)7-14(13)19-2)10-5-8(16)3-4-12(10)17/h3-7H,1-2H3. The fourth-order valence-electron chi connectivity index (χ4n) is 1.78. The Kier molecular flexibility index (Phi) is 3.71. The summed E-state index contributed by atoms with van der Waals surface area (Å²) >= 11 is 6.12. The van der Waals surface area contributed by atoms with Crippen LogP contribution in [0.3, 0.4) is 0 Å². The van der Waals surface area contributed by atoms with E-state index in [4.69, 9.17) is 21.1 Å². The highest BCUT2D eigenvalue weighted by atomic mass is 35.5. The van der Waals surface area contributed by atoms with E-state index >= 15 is 0 Å². The van der Waals surface area contributed by atoms with Crippen molar-refractivity contribution in [2.24, 2.45) is 0 Å². The summed E-state index contributed by atoms with van der Waals surface area (Å²) in [5.74, 6) is 0.383. The lowest BCUT2D eigenvalue weighted by Crippen LogP contribution is -2.07. The lowest BCUT2D eigenvalue weighted by Gasteiger charge is -2.13. The van der Waals surface area contributed by atoms with Gasteiger partial charge in [0.2, 0.25) is 0 Å².